The topological polar surface area (TPSA) is 99.8 Å². The van der Waals surface area contributed by atoms with Crippen molar-refractivity contribution in [1.82, 2.24) is 15.5 Å². The predicted molar refractivity (Wildman–Crippen MR) is 129 cm³/mol. The summed E-state index contributed by atoms with van der Waals surface area (Å²) in [5, 5.41) is 8.41. The van der Waals surface area contributed by atoms with Crippen LogP contribution in [0.25, 0.3) is 0 Å². The number of hydrogen-bond acceptors (Lipinski definition) is 4. The lowest BCUT2D eigenvalue weighted by molar-refractivity contribution is -0.130. The zero-order chi connectivity index (χ0) is 24.4. The molecule has 1 unspecified atom stereocenters. The highest BCUT2D eigenvalue weighted by Crippen LogP contribution is 2.17. The van der Waals surface area contributed by atoms with E-state index in [1.807, 2.05) is 45.0 Å². The van der Waals surface area contributed by atoms with Gasteiger partial charge in [0.15, 0.2) is 6.61 Å². The number of nitrogens with zero attached hydrogens (tertiary/aromatic N) is 1. The van der Waals surface area contributed by atoms with E-state index in [9.17, 15) is 14.4 Å². The van der Waals surface area contributed by atoms with Gasteiger partial charge in [-0.25, -0.2) is 4.79 Å². The number of hydrogen-bond donors (Lipinski definition) is 3. The van der Waals surface area contributed by atoms with Gasteiger partial charge in [-0.2, -0.15) is 0 Å². The van der Waals surface area contributed by atoms with Crippen molar-refractivity contribution in [2.75, 3.05) is 26.0 Å². The second-order valence-electron chi connectivity index (χ2n) is 8.59. The predicted octanol–water partition coefficient (Wildman–Crippen LogP) is 3.31. The first-order valence-corrected chi connectivity index (χ1v) is 11.0. The van der Waals surface area contributed by atoms with Crippen LogP contribution in [-0.2, 0) is 16.1 Å². The molecule has 0 aliphatic heterocycles. The Morgan fingerprint density at radius 1 is 0.970 bits per heavy atom. The number of anilines is 1. The van der Waals surface area contributed by atoms with Crippen molar-refractivity contribution in [1.29, 1.82) is 0 Å². The second kappa shape index (κ2) is 12.5. The molecule has 0 aromatic heterocycles. The highest BCUT2D eigenvalue weighted by Gasteiger charge is 2.22. The summed E-state index contributed by atoms with van der Waals surface area (Å²) in [7, 11) is 3.32. The van der Waals surface area contributed by atoms with Crippen molar-refractivity contribution >= 4 is 23.5 Å². The summed E-state index contributed by atoms with van der Waals surface area (Å²) in [5.74, 6) is 0.292. The van der Waals surface area contributed by atoms with E-state index in [0.29, 0.717) is 24.4 Å². The summed E-state index contributed by atoms with van der Waals surface area (Å²) in [5.41, 5.74) is 2.70. The Labute approximate surface area is 195 Å². The number of carbonyl (C=O) groups excluding carboxylic acids is 3. The third-order valence-corrected chi connectivity index (χ3v) is 4.89. The molecule has 178 valence electrons. The minimum Gasteiger partial charge on any atom is -0.484 e. The van der Waals surface area contributed by atoms with E-state index in [1.165, 1.54) is 4.90 Å². The molecule has 8 nitrogen and oxygen atoms in total. The molecule has 0 fully saturated rings. The fourth-order valence-electron chi connectivity index (χ4n) is 2.94. The summed E-state index contributed by atoms with van der Waals surface area (Å²) < 4.78 is 5.44. The lowest BCUT2D eigenvalue weighted by Gasteiger charge is -2.20. The molecule has 2 rings (SSSR count). The van der Waals surface area contributed by atoms with Gasteiger partial charge < -0.3 is 25.6 Å². The highest BCUT2D eigenvalue weighted by atomic mass is 16.5. The van der Waals surface area contributed by atoms with E-state index in [2.05, 4.69) is 16.0 Å². The SMILES string of the molecule is Cc1ccc(CNC(=O)NC(CC(C)C)C(=O)Nc2ccc(OCC(=O)N(C)C)cc2)cc1. The van der Waals surface area contributed by atoms with Crippen LogP contribution in [0.3, 0.4) is 0 Å². The molecule has 3 N–H and O–H groups in total. The molecule has 0 saturated carbocycles. The van der Waals surface area contributed by atoms with Crippen LogP contribution in [0.2, 0.25) is 0 Å². The molecule has 0 bridgehead atoms. The number of benzene rings is 2. The average Bonchev–Trinajstić information content (AvgIpc) is 2.77. The number of nitrogens with one attached hydrogen (secondary N) is 3. The van der Waals surface area contributed by atoms with Gasteiger partial charge in [-0.15, -0.1) is 0 Å². The zero-order valence-corrected chi connectivity index (χ0v) is 20.0. The van der Waals surface area contributed by atoms with E-state index < -0.39 is 12.1 Å². The summed E-state index contributed by atoms with van der Waals surface area (Å²) in [6.45, 7) is 6.31. The van der Waals surface area contributed by atoms with Crippen molar-refractivity contribution in [3.63, 3.8) is 0 Å². The van der Waals surface area contributed by atoms with Gasteiger partial charge in [0.2, 0.25) is 5.91 Å². The first-order valence-electron chi connectivity index (χ1n) is 11.0. The fraction of sp³-hybridized carbons (Fsp3) is 0.400. The van der Waals surface area contributed by atoms with E-state index in [1.54, 1.807) is 38.4 Å². The van der Waals surface area contributed by atoms with Crippen LogP contribution in [-0.4, -0.2) is 49.5 Å². The Bertz CT molecular complexity index is 924. The maximum absolute atomic E-state index is 12.8. The molecule has 0 radical (unpaired) electrons. The van der Waals surface area contributed by atoms with E-state index >= 15 is 0 Å². The minimum absolute atomic E-state index is 0.0587. The molecule has 4 amide bonds. The number of ether oxygens (including phenoxy) is 1. The third kappa shape index (κ3) is 9.22. The Morgan fingerprint density at radius 3 is 2.18 bits per heavy atom. The highest BCUT2D eigenvalue weighted by molar-refractivity contribution is 5.97. The lowest BCUT2D eigenvalue weighted by Crippen LogP contribution is -2.48. The second-order valence-corrected chi connectivity index (χ2v) is 8.59. The van der Waals surface area contributed by atoms with Crippen molar-refractivity contribution in [3.8, 4) is 5.75 Å². The molecule has 8 heteroatoms. The van der Waals surface area contributed by atoms with Crippen LogP contribution in [0.5, 0.6) is 5.75 Å². The van der Waals surface area contributed by atoms with Gasteiger partial charge in [0.1, 0.15) is 11.8 Å². The zero-order valence-electron chi connectivity index (χ0n) is 20.0. The lowest BCUT2D eigenvalue weighted by atomic mass is 10.0. The van der Waals surface area contributed by atoms with Gasteiger partial charge in [-0.3, -0.25) is 9.59 Å². The van der Waals surface area contributed by atoms with Crippen LogP contribution in [0.4, 0.5) is 10.5 Å². The number of urea groups is 1. The Morgan fingerprint density at radius 2 is 1.61 bits per heavy atom. The maximum atomic E-state index is 12.8. The van der Waals surface area contributed by atoms with Gasteiger partial charge in [-0.05, 0) is 49.1 Å². The summed E-state index contributed by atoms with van der Waals surface area (Å²) >= 11 is 0. The van der Waals surface area contributed by atoms with E-state index in [4.69, 9.17) is 4.74 Å². The first-order chi connectivity index (χ1) is 15.6. The quantitative estimate of drug-likeness (QED) is 0.513. The van der Waals surface area contributed by atoms with E-state index in [0.717, 1.165) is 11.1 Å². The Kier molecular flexibility index (Phi) is 9.72. The monoisotopic (exact) mass is 454 g/mol. The molecule has 1 atom stereocenters. The van der Waals surface area contributed by atoms with Crippen LogP contribution in [0, 0.1) is 12.8 Å². The summed E-state index contributed by atoms with van der Waals surface area (Å²) in [6, 6.07) is 13.5. The molecule has 2 aromatic carbocycles. The minimum atomic E-state index is -0.684. The molecule has 0 spiro atoms. The molecule has 0 aliphatic rings. The van der Waals surface area contributed by atoms with Crippen molar-refractivity contribution in [3.05, 3.63) is 59.7 Å². The number of rotatable bonds is 10. The first kappa shape index (κ1) is 25.7. The van der Waals surface area contributed by atoms with Gasteiger partial charge in [0, 0.05) is 26.3 Å². The number of amides is 4. The van der Waals surface area contributed by atoms with Gasteiger partial charge in [0.25, 0.3) is 5.91 Å². The van der Waals surface area contributed by atoms with E-state index in [-0.39, 0.29) is 24.3 Å². The van der Waals surface area contributed by atoms with Crippen LogP contribution in [0.1, 0.15) is 31.4 Å². The van der Waals surface area contributed by atoms with Gasteiger partial charge >= 0.3 is 6.03 Å². The normalized spacial score (nSPS) is 11.5. The molecule has 0 heterocycles. The van der Waals surface area contributed by atoms with Crippen molar-refractivity contribution < 1.29 is 19.1 Å². The van der Waals surface area contributed by atoms with Crippen LogP contribution in [0.15, 0.2) is 48.5 Å². The van der Waals surface area contributed by atoms with Crippen LogP contribution < -0.4 is 20.7 Å². The fourth-order valence-corrected chi connectivity index (χ4v) is 2.94. The maximum Gasteiger partial charge on any atom is 0.315 e. The Hall–Kier alpha value is -3.55. The molecular formula is C25H34N4O4. The molecule has 0 aliphatic carbocycles. The van der Waals surface area contributed by atoms with Gasteiger partial charge in [-0.1, -0.05) is 43.7 Å². The number of aryl methyl sites for hydroxylation is 1. The van der Waals surface area contributed by atoms with Gasteiger partial charge in [0.05, 0.1) is 0 Å². The summed E-state index contributed by atoms with van der Waals surface area (Å²) in [4.78, 5) is 38.3. The summed E-state index contributed by atoms with van der Waals surface area (Å²) in [6.07, 6.45) is 0.498. The molecule has 0 saturated heterocycles. The Balaban J connectivity index is 1.91. The third-order valence-electron chi connectivity index (χ3n) is 4.89. The molecule has 33 heavy (non-hydrogen) atoms. The number of likely N-dealkylation sites (N-methyl/N-ethyl adjacent to an activating group) is 1. The van der Waals surface area contributed by atoms with Crippen molar-refractivity contribution in [2.45, 2.75) is 39.8 Å². The molecule has 2 aromatic rings. The smallest absolute Gasteiger partial charge is 0.315 e. The largest absolute Gasteiger partial charge is 0.484 e. The molecular weight excluding hydrogens is 420 g/mol. The number of carbonyl (C=O) groups is 3. The average molecular weight is 455 g/mol. The van der Waals surface area contributed by atoms with Crippen molar-refractivity contribution in [2.24, 2.45) is 5.92 Å². The standard InChI is InChI=1S/C25H34N4O4/c1-17(2)14-22(28-25(32)26-15-19-8-6-18(3)7-9-19)24(31)27-20-10-12-21(13-11-20)33-16-23(30)29(4)5/h6-13,17,22H,14-16H2,1-5H3,(H,27,31)(H2,26,28,32). The van der Waals surface area contributed by atoms with Crippen LogP contribution >= 0.6 is 0 Å².